The number of hydrogen-bond acceptors (Lipinski definition) is 9. The molecule has 4 heterocycles. The summed E-state index contributed by atoms with van der Waals surface area (Å²) in [6.07, 6.45) is 1.65. The van der Waals surface area contributed by atoms with Crippen molar-refractivity contribution >= 4 is 17.6 Å². The fourth-order valence-corrected chi connectivity index (χ4v) is 3.65. The van der Waals surface area contributed by atoms with Gasteiger partial charge in [-0.2, -0.15) is 4.98 Å². The molecule has 0 radical (unpaired) electrons. The summed E-state index contributed by atoms with van der Waals surface area (Å²) in [6, 6.07) is 11.9. The Morgan fingerprint density at radius 2 is 1.41 bits per heavy atom. The number of benzene rings is 1. The minimum absolute atomic E-state index is 0.550. The van der Waals surface area contributed by atoms with Crippen molar-refractivity contribution in [3.63, 3.8) is 0 Å². The van der Waals surface area contributed by atoms with Crippen LogP contribution in [-0.4, -0.2) is 72.6 Å². The van der Waals surface area contributed by atoms with Gasteiger partial charge in [0.2, 0.25) is 0 Å². The average molecular weight is 393 g/mol. The molecule has 0 amide bonds. The lowest BCUT2D eigenvalue weighted by atomic mass is 10.2. The zero-order chi connectivity index (χ0) is 19.5. The Bertz CT molecular complexity index is 935. The van der Waals surface area contributed by atoms with Gasteiger partial charge in [0.05, 0.1) is 13.2 Å². The molecule has 9 nitrogen and oxygen atoms in total. The van der Waals surface area contributed by atoms with Crippen LogP contribution < -0.4 is 14.7 Å². The van der Waals surface area contributed by atoms with Crippen LogP contribution in [0.4, 0.5) is 17.6 Å². The van der Waals surface area contributed by atoms with Crippen LogP contribution in [0.15, 0.2) is 47.2 Å². The predicted molar refractivity (Wildman–Crippen MR) is 109 cm³/mol. The highest BCUT2D eigenvalue weighted by molar-refractivity contribution is 5.55. The highest BCUT2D eigenvalue weighted by Crippen LogP contribution is 2.23. The van der Waals surface area contributed by atoms with Crippen LogP contribution in [0.1, 0.15) is 0 Å². The molecule has 0 bridgehead atoms. The second-order valence-electron chi connectivity index (χ2n) is 7.07. The Morgan fingerprint density at radius 1 is 0.759 bits per heavy atom. The van der Waals surface area contributed by atoms with Crippen molar-refractivity contribution in [2.45, 2.75) is 0 Å². The van der Waals surface area contributed by atoms with Gasteiger partial charge in [-0.3, -0.25) is 0 Å². The van der Waals surface area contributed by atoms with Crippen molar-refractivity contribution in [3.8, 4) is 11.5 Å². The number of nitrogens with zero attached hydrogens (tertiary/aromatic N) is 7. The van der Waals surface area contributed by atoms with E-state index >= 15 is 0 Å². The molecular weight excluding hydrogens is 370 g/mol. The van der Waals surface area contributed by atoms with E-state index in [1.165, 1.54) is 0 Å². The van der Waals surface area contributed by atoms with Gasteiger partial charge in [0.1, 0.15) is 18.0 Å². The van der Waals surface area contributed by atoms with Crippen molar-refractivity contribution < 1.29 is 9.26 Å². The van der Waals surface area contributed by atoms with Gasteiger partial charge < -0.3 is 24.0 Å². The standard InChI is InChI=1S/C20H23N7O2/c1-2-4-16(5-3-1)19-23-20(24-29-19)27-8-6-25(7-9-27)17-14-18(22-15-21-17)26-10-12-28-13-11-26/h1-5,14-15H,6-13H2. The van der Waals surface area contributed by atoms with E-state index in [4.69, 9.17) is 9.26 Å². The first-order chi connectivity index (χ1) is 14.4. The second kappa shape index (κ2) is 8.04. The summed E-state index contributed by atoms with van der Waals surface area (Å²) in [4.78, 5) is 20.2. The number of rotatable bonds is 4. The second-order valence-corrected chi connectivity index (χ2v) is 7.07. The summed E-state index contributed by atoms with van der Waals surface area (Å²) < 4.78 is 10.9. The lowest BCUT2D eigenvalue weighted by Crippen LogP contribution is -2.47. The molecular formula is C20H23N7O2. The molecule has 0 atom stereocenters. The molecule has 1 aromatic carbocycles. The van der Waals surface area contributed by atoms with Crippen LogP contribution in [0.3, 0.4) is 0 Å². The van der Waals surface area contributed by atoms with Crippen LogP contribution in [0, 0.1) is 0 Å². The van der Waals surface area contributed by atoms with E-state index < -0.39 is 0 Å². The van der Waals surface area contributed by atoms with Crippen LogP contribution in [0.5, 0.6) is 0 Å². The van der Waals surface area contributed by atoms with Gasteiger partial charge in [0, 0.05) is 50.9 Å². The van der Waals surface area contributed by atoms with E-state index in [0.717, 1.165) is 69.7 Å². The highest BCUT2D eigenvalue weighted by Gasteiger charge is 2.23. The molecule has 150 valence electrons. The molecule has 29 heavy (non-hydrogen) atoms. The summed E-state index contributed by atoms with van der Waals surface area (Å²) in [5.41, 5.74) is 0.932. The lowest BCUT2D eigenvalue weighted by Gasteiger charge is -2.35. The molecule has 9 heteroatoms. The summed E-state index contributed by atoms with van der Waals surface area (Å²) in [7, 11) is 0. The number of anilines is 3. The summed E-state index contributed by atoms with van der Waals surface area (Å²) in [6.45, 7) is 6.53. The van der Waals surface area contributed by atoms with Crippen molar-refractivity contribution in [2.24, 2.45) is 0 Å². The fourth-order valence-electron chi connectivity index (χ4n) is 3.65. The Morgan fingerprint density at radius 3 is 2.14 bits per heavy atom. The molecule has 0 aliphatic carbocycles. The third-order valence-electron chi connectivity index (χ3n) is 5.30. The first-order valence-corrected chi connectivity index (χ1v) is 9.90. The van der Waals surface area contributed by atoms with Gasteiger partial charge in [-0.1, -0.05) is 18.2 Å². The largest absolute Gasteiger partial charge is 0.378 e. The Labute approximate surface area is 168 Å². The maximum atomic E-state index is 5.45. The van der Waals surface area contributed by atoms with Crippen molar-refractivity contribution in [1.82, 2.24) is 20.1 Å². The number of morpholine rings is 1. The fraction of sp³-hybridized carbons (Fsp3) is 0.400. The van der Waals surface area contributed by atoms with E-state index in [2.05, 4.69) is 40.9 Å². The molecule has 0 spiro atoms. The number of aromatic nitrogens is 4. The van der Waals surface area contributed by atoms with E-state index in [9.17, 15) is 0 Å². The van der Waals surface area contributed by atoms with Crippen molar-refractivity contribution in [2.75, 3.05) is 67.2 Å². The third-order valence-corrected chi connectivity index (χ3v) is 5.30. The van der Waals surface area contributed by atoms with Gasteiger partial charge >= 0.3 is 0 Å². The topological polar surface area (TPSA) is 83.7 Å². The quantitative estimate of drug-likeness (QED) is 0.657. The molecule has 0 saturated carbocycles. The van der Waals surface area contributed by atoms with E-state index in [0.29, 0.717) is 11.8 Å². The highest BCUT2D eigenvalue weighted by atomic mass is 16.5. The predicted octanol–water partition coefficient (Wildman–Crippen LogP) is 1.69. The van der Waals surface area contributed by atoms with Crippen molar-refractivity contribution in [1.29, 1.82) is 0 Å². The maximum absolute atomic E-state index is 5.45. The van der Waals surface area contributed by atoms with E-state index in [1.54, 1.807) is 6.33 Å². The van der Waals surface area contributed by atoms with Crippen LogP contribution in [0.2, 0.25) is 0 Å². The molecule has 3 aromatic rings. The van der Waals surface area contributed by atoms with Gasteiger partial charge in [0.25, 0.3) is 11.8 Å². The summed E-state index contributed by atoms with van der Waals surface area (Å²) in [5.74, 6) is 3.11. The molecule has 2 saturated heterocycles. The van der Waals surface area contributed by atoms with E-state index in [-0.39, 0.29) is 0 Å². The first-order valence-electron chi connectivity index (χ1n) is 9.90. The summed E-state index contributed by atoms with van der Waals surface area (Å²) >= 11 is 0. The molecule has 2 fully saturated rings. The number of hydrogen-bond donors (Lipinski definition) is 0. The van der Waals surface area contributed by atoms with Crippen molar-refractivity contribution in [3.05, 3.63) is 42.7 Å². The van der Waals surface area contributed by atoms with Gasteiger partial charge in [-0.05, 0) is 17.3 Å². The Hall–Kier alpha value is -3.20. The molecule has 0 N–H and O–H groups in total. The molecule has 2 aliphatic rings. The Balaban J connectivity index is 1.23. The average Bonchev–Trinajstić information content (AvgIpc) is 3.31. The maximum Gasteiger partial charge on any atom is 0.266 e. The first kappa shape index (κ1) is 17.9. The zero-order valence-electron chi connectivity index (χ0n) is 16.1. The monoisotopic (exact) mass is 393 g/mol. The van der Waals surface area contributed by atoms with Crippen LogP contribution in [-0.2, 0) is 4.74 Å². The van der Waals surface area contributed by atoms with Gasteiger partial charge in [-0.25, -0.2) is 9.97 Å². The minimum Gasteiger partial charge on any atom is -0.378 e. The molecule has 0 unspecified atom stereocenters. The zero-order valence-corrected chi connectivity index (χ0v) is 16.1. The minimum atomic E-state index is 0.550. The lowest BCUT2D eigenvalue weighted by molar-refractivity contribution is 0.122. The molecule has 2 aromatic heterocycles. The van der Waals surface area contributed by atoms with Crippen LogP contribution in [0.25, 0.3) is 11.5 Å². The third kappa shape index (κ3) is 3.86. The summed E-state index contributed by atoms with van der Waals surface area (Å²) in [5, 5.41) is 4.17. The number of piperazine rings is 1. The SMILES string of the molecule is c1ccc(-c2nc(N3CCN(c4cc(N5CCOCC5)ncn4)CC3)no2)cc1. The Kier molecular flexibility index (Phi) is 4.95. The normalized spacial score (nSPS) is 17.6. The number of ether oxygens (including phenoxy) is 1. The van der Waals surface area contributed by atoms with Gasteiger partial charge in [0.15, 0.2) is 0 Å². The van der Waals surface area contributed by atoms with Crippen LogP contribution >= 0.6 is 0 Å². The molecule has 5 rings (SSSR count). The smallest absolute Gasteiger partial charge is 0.266 e. The molecule has 2 aliphatic heterocycles. The van der Waals surface area contributed by atoms with E-state index in [1.807, 2.05) is 30.3 Å². The van der Waals surface area contributed by atoms with Gasteiger partial charge in [-0.15, -0.1) is 0 Å².